The van der Waals surface area contributed by atoms with Gasteiger partial charge in [-0.3, -0.25) is 4.79 Å². The van der Waals surface area contributed by atoms with Gasteiger partial charge in [0.2, 0.25) is 0 Å². The van der Waals surface area contributed by atoms with Crippen LogP contribution in [0.5, 0.6) is 0 Å². The Morgan fingerprint density at radius 1 is 1.47 bits per heavy atom. The van der Waals surface area contributed by atoms with E-state index in [1.807, 2.05) is 10.8 Å². The third-order valence-electron chi connectivity index (χ3n) is 1.77. The number of hydrogen-bond acceptors (Lipinski definition) is 6. The monoisotopic (exact) mass is 240 g/mol. The van der Waals surface area contributed by atoms with E-state index in [2.05, 4.69) is 14.7 Å². The summed E-state index contributed by atoms with van der Waals surface area (Å²) in [5.41, 5.74) is 3.43. The van der Waals surface area contributed by atoms with Crippen LogP contribution in [-0.4, -0.2) is 23.0 Å². The van der Waals surface area contributed by atoms with Gasteiger partial charge in [-0.05, 0) is 0 Å². The number of nitrogens with zero attached hydrogens (tertiary/aromatic N) is 2. The number of methoxy groups -OCH3 is 1. The Kier molecular flexibility index (Phi) is 3.08. The largest absolute Gasteiger partial charge is 0.469 e. The second kappa shape index (κ2) is 4.50. The number of hydrogen-bond donors (Lipinski definition) is 0. The molecule has 0 aliphatic carbocycles. The molecule has 0 radical (unpaired) electrons. The van der Waals surface area contributed by atoms with Gasteiger partial charge >= 0.3 is 5.97 Å². The van der Waals surface area contributed by atoms with Crippen molar-refractivity contribution in [1.82, 2.24) is 9.97 Å². The van der Waals surface area contributed by atoms with E-state index in [0.717, 1.165) is 16.4 Å². The molecule has 0 spiro atoms. The molecule has 0 atom stereocenters. The molecule has 0 saturated carbocycles. The van der Waals surface area contributed by atoms with Crippen LogP contribution in [0.15, 0.2) is 16.3 Å². The molecular formula is C9H8N2O2S2. The van der Waals surface area contributed by atoms with Gasteiger partial charge in [-0.1, -0.05) is 0 Å². The Bertz CT molecular complexity index is 450. The summed E-state index contributed by atoms with van der Waals surface area (Å²) in [5.74, 6) is -0.269. The van der Waals surface area contributed by atoms with Gasteiger partial charge in [-0.15, -0.1) is 22.7 Å². The Balaban J connectivity index is 2.14. The number of carbonyl (C=O) groups is 1. The van der Waals surface area contributed by atoms with Gasteiger partial charge in [-0.25, -0.2) is 9.97 Å². The van der Waals surface area contributed by atoms with Gasteiger partial charge in [0.05, 0.1) is 19.0 Å². The molecule has 0 fully saturated rings. The fraction of sp³-hybridized carbons (Fsp3) is 0.222. The summed E-state index contributed by atoms with van der Waals surface area (Å²) in [6, 6.07) is 0. The van der Waals surface area contributed by atoms with Crippen LogP contribution < -0.4 is 0 Å². The van der Waals surface area contributed by atoms with Crippen molar-refractivity contribution in [3.8, 4) is 11.4 Å². The number of esters is 1. The van der Waals surface area contributed by atoms with Crippen LogP contribution in [0.2, 0.25) is 0 Å². The Morgan fingerprint density at radius 3 is 3.00 bits per heavy atom. The Labute approximate surface area is 94.6 Å². The first-order valence-electron chi connectivity index (χ1n) is 4.19. The van der Waals surface area contributed by atoms with Gasteiger partial charge in [0.25, 0.3) is 0 Å². The topological polar surface area (TPSA) is 52.1 Å². The summed E-state index contributed by atoms with van der Waals surface area (Å²) in [6.45, 7) is 0. The van der Waals surface area contributed by atoms with E-state index >= 15 is 0 Å². The van der Waals surface area contributed by atoms with Crippen molar-refractivity contribution >= 4 is 28.6 Å². The van der Waals surface area contributed by atoms with Gasteiger partial charge < -0.3 is 4.74 Å². The highest BCUT2D eigenvalue weighted by Crippen LogP contribution is 2.21. The smallest absolute Gasteiger partial charge is 0.312 e. The average molecular weight is 240 g/mol. The lowest BCUT2D eigenvalue weighted by Crippen LogP contribution is -2.03. The molecule has 78 valence electrons. The first kappa shape index (κ1) is 10.3. The van der Waals surface area contributed by atoms with Crippen molar-refractivity contribution in [3.63, 3.8) is 0 Å². The zero-order valence-corrected chi connectivity index (χ0v) is 9.60. The molecule has 0 aliphatic heterocycles. The predicted octanol–water partition coefficient (Wildman–Crippen LogP) is 1.98. The van der Waals surface area contributed by atoms with Crippen molar-refractivity contribution in [2.75, 3.05) is 7.11 Å². The molecule has 6 heteroatoms. The molecule has 0 bridgehead atoms. The quantitative estimate of drug-likeness (QED) is 0.770. The normalized spacial score (nSPS) is 10.2. The van der Waals surface area contributed by atoms with Crippen LogP contribution in [0.4, 0.5) is 0 Å². The summed E-state index contributed by atoms with van der Waals surface area (Å²) in [6.07, 6.45) is 0.227. The summed E-state index contributed by atoms with van der Waals surface area (Å²) < 4.78 is 4.57. The molecule has 0 amide bonds. The van der Waals surface area contributed by atoms with E-state index in [-0.39, 0.29) is 12.4 Å². The van der Waals surface area contributed by atoms with E-state index in [1.54, 1.807) is 5.51 Å². The van der Waals surface area contributed by atoms with Crippen LogP contribution in [0.3, 0.4) is 0 Å². The van der Waals surface area contributed by atoms with Crippen molar-refractivity contribution in [3.05, 3.63) is 21.3 Å². The van der Waals surface area contributed by atoms with E-state index in [4.69, 9.17) is 0 Å². The van der Waals surface area contributed by atoms with Crippen molar-refractivity contribution in [1.29, 1.82) is 0 Å². The second-order valence-electron chi connectivity index (χ2n) is 2.75. The zero-order valence-electron chi connectivity index (χ0n) is 7.97. The minimum absolute atomic E-state index is 0.227. The fourth-order valence-electron chi connectivity index (χ4n) is 1.04. The Hall–Kier alpha value is -1.27. The molecule has 2 aromatic rings. The van der Waals surface area contributed by atoms with Crippen LogP contribution >= 0.6 is 22.7 Å². The van der Waals surface area contributed by atoms with Gasteiger partial charge in [0, 0.05) is 10.8 Å². The highest BCUT2D eigenvalue weighted by Gasteiger charge is 2.09. The number of rotatable bonds is 3. The third-order valence-corrected chi connectivity index (χ3v) is 3.21. The fourth-order valence-corrected chi connectivity index (χ4v) is 2.36. The van der Waals surface area contributed by atoms with Crippen LogP contribution in [0, 0.1) is 0 Å². The maximum Gasteiger partial charge on any atom is 0.312 e. The first-order chi connectivity index (χ1) is 7.29. The van der Waals surface area contributed by atoms with E-state index in [0.29, 0.717) is 0 Å². The van der Waals surface area contributed by atoms with Crippen molar-refractivity contribution in [2.45, 2.75) is 6.42 Å². The number of thiazole rings is 2. The molecular weight excluding hydrogens is 232 g/mol. The number of aromatic nitrogens is 2. The van der Waals surface area contributed by atoms with Gasteiger partial charge in [0.15, 0.2) is 0 Å². The van der Waals surface area contributed by atoms with E-state index < -0.39 is 0 Å². The lowest BCUT2D eigenvalue weighted by Gasteiger charge is -1.93. The number of carbonyl (C=O) groups excluding carboxylic acids is 1. The lowest BCUT2D eigenvalue weighted by molar-refractivity contribution is -0.139. The Morgan fingerprint density at radius 2 is 2.33 bits per heavy atom. The van der Waals surface area contributed by atoms with Crippen LogP contribution in [-0.2, 0) is 16.0 Å². The maximum absolute atomic E-state index is 11.0. The zero-order chi connectivity index (χ0) is 10.7. The minimum Gasteiger partial charge on any atom is -0.469 e. The summed E-state index contributed by atoms with van der Waals surface area (Å²) in [7, 11) is 1.37. The van der Waals surface area contributed by atoms with Crippen molar-refractivity contribution < 1.29 is 9.53 Å². The van der Waals surface area contributed by atoms with Crippen LogP contribution in [0.1, 0.15) is 5.01 Å². The summed E-state index contributed by atoms with van der Waals surface area (Å²) in [4.78, 5) is 19.5. The molecule has 0 aromatic carbocycles. The van der Waals surface area contributed by atoms with E-state index in [1.165, 1.54) is 29.8 Å². The van der Waals surface area contributed by atoms with Gasteiger partial charge in [-0.2, -0.15) is 0 Å². The first-order valence-corrected chi connectivity index (χ1v) is 6.01. The molecule has 15 heavy (non-hydrogen) atoms. The molecule has 0 unspecified atom stereocenters. The predicted molar refractivity (Wildman–Crippen MR) is 58.9 cm³/mol. The molecule has 2 rings (SSSR count). The molecule has 4 nitrogen and oxygen atoms in total. The molecule has 0 N–H and O–H groups in total. The summed E-state index contributed by atoms with van der Waals surface area (Å²) >= 11 is 2.97. The standard InChI is InChI=1S/C9H8N2O2S2/c1-13-9(12)2-8-11-7(4-15-8)6-3-14-5-10-6/h3-5H,2H2,1H3. The third kappa shape index (κ3) is 2.40. The van der Waals surface area contributed by atoms with E-state index in [9.17, 15) is 4.79 Å². The minimum atomic E-state index is -0.269. The molecule has 0 aliphatic rings. The lowest BCUT2D eigenvalue weighted by atomic mass is 10.4. The second-order valence-corrected chi connectivity index (χ2v) is 4.41. The highest BCUT2D eigenvalue weighted by atomic mass is 32.1. The SMILES string of the molecule is COC(=O)Cc1nc(-c2cscn2)cs1. The summed E-state index contributed by atoms with van der Waals surface area (Å²) in [5, 5.41) is 4.58. The maximum atomic E-state index is 11.0. The molecule has 0 saturated heterocycles. The molecule has 2 aromatic heterocycles. The van der Waals surface area contributed by atoms with Crippen molar-refractivity contribution in [2.24, 2.45) is 0 Å². The average Bonchev–Trinajstić information content (AvgIpc) is 2.85. The van der Waals surface area contributed by atoms with Crippen LogP contribution in [0.25, 0.3) is 11.4 Å². The van der Waals surface area contributed by atoms with Gasteiger partial charge in [0.1, 0.15) is 16.4 Å². The number of ether oxygens (including phenoxy) is 1. The highest BCUT2D eigenvalue weighted by molar-refractivity contribution is 7.10. The molecule has 2 heterocycles.